The summed E-state index contributed by atoms with van der Waals surface area (Å²) in [6, 6.07) is 13.9. The molecule has 32 heavy (non-hydrogen) atoms. The van der Waals surface area contributed by atoms with Gasteiger partial charge >= 0.3 is 0 Å². The van der Waals surface area contributed by atoms with Crippen molar-refractivity contribution >= 4 is 43.4 Å². The van der Waals surface area contributed by atoms with E-state index in [9.17, 15) is 14.7 Å². The molecule has 1 N–H and O–H groups in total. The van der Waals surface area contributed by atoms with Gasteiger partial charge in [0.05, 0.1) is 8.95 Å². The van der Waals surface area contributed by atoms with E-state index < -0.39 is 0 Å². The SMILES string of the molecule is O=C1CCCC2=C1C(c1cc(Br)c(O)c(Br)c1)C1=C(CCCC1=O)N2Cc1ccccc1. The fourth-order valence-corrected chi connectivity index (χ4v) is 6.48. The third kappa shape index (κ3) is 3.67. The van der Waals surface area contributed by atoms with Crippen LogP contribution in [0.15, 0.2) is 74.0 Å². The molecule has 2 aliphatic carbocycles. The number of hydrogen-bond acceptors (Lipinski definition) is 4. The number of rotatable bonds is 3. The number of nitrogens with zero attached hydrogens (tertiary/aromatic N) is 1. The Morgan fingerprint density at radius 3 is 1.91 bits per heavy atom. The van der Waals surface area contributed by atoms with Gasteiger partial charge in [0, 0.05) is 47.8 Å². The second-order valence-corrected chi connectivity index (χ2v) is 10.3. The van der Waals surface area contributed by atoms with Gasteiger partial charge in [-0.2, -0.15) is 0 Å². The molecule has 0 amide bonds. The van der Waals surface area contributed by atoms with Crippen LogP contribution < -0.4 is 0 Å². The first-order chi connectivity index (χ1) is 15.5. The minimum atomic E-state index is -0.388. The second kappa shape index (κ2) is 8.64. The lowest BCUT2D eigenvalue weighted by Gasteiger charge is -2.44. The Morgan fingerprint density at radius 2 is 1.38 bits per heavy atom. The standard InChI is InChI=1S/C26H23Br2NO3/c27-17-12-16(13-18(28)26(17)32)23-24-19(8-4-10-21(24)30)29(14-15-6-2-1-3-7-15)20-9-5-11-22(31)25(20)23/h1-3,6-7,12-13,23,32H,4-5,8-11,14H2. The first-order valence-electron chi connectivity index (χ1n) is 11.0. The molecule has 5 rings (SSSR count). The third-order valence-corrected chi connectivity index (χ3v) is 7.85. The number of halogens is 2. The van der Waals surface area contributed by atoms with Gasteiger partial charge in [0.2, 0.25) is 0 Å². The zero-order valence-corrected chi connectivity index (χ0v) is 20.7. The lowest BCUT2D eigenvalue weighted by molar-refractivity contribution is -0.117. The van der Waals surface area contributed by atoms with Gasteiger partial charge in [0.15, 0.2) is 11.6 Å². The topological polar surface area (TPSA) is 57.6 Å². The molecule has 3 aliphatic rings. The highest BCUT2D eigenvalue weighted by atomic mass is 79.9. The van der Waals surface area contributed by atoms with Crippen molar-refractivity contribution in [3.63, 3.8) is 0 Å². The Bertz CT molecular complexity index is 1120. The van der Waals surface area contributed by atoms with Crippen LogP contribution in [0, 0.1) is 0 Å². The summed E-state index contributed by atoms with van der Waals surface area (Å²) in [5.41, 5.74) is 5.64. The molecule has 6 heteroatoms. The van der Waals surface area contributed by atoms with Crippen LogP contribution in [0.25, 0.3) is 0 Å². The fraction of sp³-hybridized carbons (Fsp3) is 0.308. The van der Waals surface area contributed by atoms with E-state index in [1.165, 1.54) is 0 Å². The van der Waals surface area contributed by atoms with E-state index in [1.54, 1.807) is 0 Å². The minimum absolute atomic E-state index is 0.114. The molecular formula is C26H23Br2NO3. The Balaban J connectivity index is 1.73. The third-order valence-electron chi connectivity index (χ3n) is 6.64. The van der Waals surface area contributed by atoms with Crippen LogP contribution in [0.3, 0.4) is 0 Å². The smallest absolute Gasteiger partial charge is 0.161 e. The molecule has 1 heterocycles. The molecule has 4 nitrogen and oxygen atoms in total. The van der Waals surface area contributed by atoms with Gasteiger partial charge in [0.1, 0.15) is 5.75 Å². The van der Waals surface area contributed by atoms with Crippen molar-refractivity contribution in [3.8, 4) is 5.75 Å². The van der Waals surface area contributed by atoms with Crippen LogP contribution in [0.2, 0.25) is 0 Å². The number of phenols is 1. The molecule has 0 spiro atoms. The number of Topliss-reactive ketones (excluding diaryl/α,β-unsaturated/α-hetero) is 2. The molecule has 164 valence electrons. The van der Waals surface area contributed by atoms with Crippen LogP contribution in [-0.4, -0.2) is 21.6 Å². The van der Waals surface area contributed by atoms with E-state index in [-0.39, 0.29) is 23.2 Å². The molecule has 0 fully saturated rings. The highest BCUT2D eigenvalue weighted by Crippen LogP contribution is 2.50. The van der Waals surface area contributed by atoms with Crippen molar-refractivity contribution in [2.75, 3.05) is 0 Å². The van der Waals surface area contributed by atoms with Crippen LogP contribution in [-0.2, 0) is 16.1 Å². The monoisotopic (exact) mass is 555 g/mol. The van der Waals surface area contributed by atoms with Gasteiger partial charge in [0.25, 0.3) is 0 Å². The number of carbonyl (C=O) groups excluding carboxylic acids is 2. The molecule has 0 bridgehead atoms. The second-order valence-electron chi connectivity index (χ2n) is 8.61. The van der Waals surface area contributed by atoms with Gasteiger partial charge in [-0.1, -0.05) is 30.3 Å². The van der Waals surface area contributed by atoms with E-state index in [0.29, 0.717) is 28.3 Å². The highest BCUT2D eigenvalue weighted by molar-refractivity contribution is 9.11. The molecule has 0 saturated heterocycles. The van der Waals surface area contributed by atoms with Gasteiger partial charge in [-0.25, -0.2) is 0 Å². The summed E-state index contributed by atoms with van der Waals surface area (Å²) in [6.07, 6.45) is 4.33. The van der Waals surface area contributed by atoms with E-state index in [0.717, 1.165) is 59.4 Å². The molecule has 2 aromatic carbocycles. The maximum atomic E-state index is 13.3. The normalized spacial score (nSPS) is 19.4. The molecule has 0 radical (unpaired) electrons. The Hall–Kier alpha value is -2.18. The number of phenolic OH excluding ortho intramolecular Hbond substituents is 1. The summed E-state index contributed by atoms with van der Waals surface area (Å²) in [6.45, 7) is 0.661. The summed E-state index contributed by atoms with van der Waals surface area (Å²) < 4.78 is 1.09. The average molecular weight is 557 g/mol. The molecule has 0 atom stereocenters. The molecule has 0 saturated carbocycles. The van der Waals surface area contributed by atoms with Crippen LogP contribution in [0.4, 0.5) is 0 Å². The first-order valence-corrected chi connectivity index (χ1v) is 12.6. The van der Waals surface area contributed by atoms with Crippen molar-refractivity contribution in [2.24, 2.45) is 0 Å². The molecule has 2 aromatic rings. The quantitative estimate of drug-likeness (QED) is 0.467. The van der Waals surface area contributed by atoms with Crippen LogP contribution in [0.1, 0.15) is 55.6 Å². The molecule has 0 unspecified atom stereocenters. The highest BCUT2D eigenvalue weighted by Gasteiger charge is 2.43. The summed E-state index contributed by atoms with van der Waals surface area (Å²) >= 11 is 6.87. The van der Waals surface area contributed by atoms with E-state index in [4.69, 9.17) is 0 Å². The minimum Gasteiger partial charge on any atom is -0.506 e. The van der Waals surface area contributed by atoms with Crippen molar-refractivity contribution in [3.05, 3.63) is 85.1 Å². The number of benzene rings is 2. The average Bonchev–Trinajstić information content (AvgIpc) is 2.78. The van der Waals surface area contributed by atoms with Gasteiger partial charge < -0.3 is 10.0 Å². The van der Waals surface area contributed by atoms with Crippen molar-refractivity contribution < 1.29 is 14.7 Å². The summed E-state index contributed by atoms with van der Waals surface area (Å²) in [4.78, 5) is 28.9. The number of aromatic hydroxyl groups is 1. The van der Waals surface area contributed by atoms with E-state index in [1.807, 2.05) is 30.3 Å². The zero-order valence-electron chi connectivity index (χ0n) is 17.5. The maximum Gasteiger partial charge on any atom is 0.161 e. The lowest BCUT2D eigenvalue weighted by Crippen LogP contribution is -2.38. The summed E-state index contributed by atoms with van der Waals surface area (Å²) in [5.74, 6) is -0.0245. The molecular weight excluding hydrogens is 534 g/mol. The lowest BCUT2D eigenvalue weighted by atomic mass is 9.71. The molecule has 0 aromatic heterocycles. The first kappa shape index (κ1) is 21.7. The predicted octanol–water partition coefficient (Wildman–Crippen LogP) is 6.53. The fourth-order valence-electron chi connectivity index (χ4n) is 5.26. The molecule has 1 aliphatic heterocycles. The summed E-state index contributed by atoms with van der Waals surface area (Å²) in [5, 5.41) is 10.2. The van der Waals surface area contributed by atoms with E-state index >= 15 is 0 Å². The summed E-state index contributed by atoms with van der Waals surface area (Å²) in [7, 11) is 0. The maximum absolute atomic E-state index is 13.3. The zero-order chi connectivity index (χ0) is 22.4. The van der Waals surface area contributed by atoms with Gasteiger partial charge in [-0.15, -0.1) is 0 Å². The van der Waals surface area contributed by atoms with E-state index in [2.05, 4.69) is 48.9 Å². The van der Waals surface area contributed by atoms with Crippen LogP contribution in [0.5, 0.6) is 5.75 Å². The van der Waals surface area contributed by atoms with Gasteiger partial charge in [-0.05, 0) is 80.8 Å². The van der Waals surface area contributed by atoms with Crippen molar-refractivity contribution in [1.82, 2.24) is 4.90 Å². The van der Waals surface area contributed by atoms with Gasteiger partial charge in [-0.3, -0.25) is 9.59 Å². The Kier molecular flexibility index (Phi) is 5.84. The van der Waals surface area contributed by atoms with Crippen LogP contribution >= 0.6 is 31.9 Å². The predicted molar refractivity (Wildman–Crippen MR) is 130 cm³/mol. The Morgan fingerprint density at radius 1 is 0.844 bits per heavy atom. The number of hydrogen-bond donors (Lipinski definition) is 1. The number of ketones is 2. The van der Waals surface area contributed by atoms with Crippen molar-refractivity contribution in [1.29, 1.82) is 0 Å². The number of carbonyl (C=O) groups is 2. The Labute approximate surface area is 204 Å². The largest absolute Gasteiger partial charge is 0.506 e. The van der Waals surface area contributed by atoms with Crippen molar-refractivity contribution in [2.45, 2.75) is 51.0 Å². The number of allylic oxidation sites excluding steroid dienone is 4.